The maximum Gasteiger partial charge on any atom is 0.348 e. The molecule has 0 atom stereocenters. The maximum absolute atomic E-state index is 11.8. The second kappa shape index (κ2) is 6.25. The van der Waals surface area contributed by atoms with E-state index in [4.69, 9.17) is 10.5 Å². The quantitative estimate of drug-likeness (QED) is 0.617. The monoisotopic (exact) mass is 332 g/mol. The van der Waals surface area contributed by atoms with Crippen molar-refractivity contribution in [2.75, 3.05) is 12.8 Å². The van der Waals surface area contributed by atoms with Crippen molar-refractivity contribution in [3.8, 4) is 0 Å². The van der Waals surface area contributed by atoms with E-state index in [2.05, 4.69) is 15.0 Å². The number of nitrogens with one attached hydrogen (secondary N) is 2. The molecule has 0 aliphatic rings. The summed E-state index contributed by atoms with van der Waals surface area (Å²) >= 11 is 1.44. The fraction of sp³-hybridized carbons (Fsp3) is 0.267. The number of aryl methyl sites for hydroxylation is 2. The number of nitrogens with two attached hydrogens (primary N) is 1. The minimum Gasteiger partial charge on any atom is -0.465 e. The molecular formula is C15H16N4O3S. The number of aromatic amines is 2. The Hall–Kier alpha value is -2.61. The predicted octanol–water partition coefficient (Wildman–Crippen LogP) is 1.86. The third kappa shape index (κ3) is 3.26. The van der Waals surface area contributed by atoms with Crippen LogP contribution in [0.2, 0.25) is 0 Å². The van der Waals surface area contributed by atoms with Crippen LogP contribution in [0.1, 0.15) is 26.7 Å². The number of H-pyrrole nitrogens is 2. The number of anilines is 1. The summed E-state index contributed by atoms with van der Waals surface area (Å²) in [6.45, 7) is 0. The van der Waals surface area contributed by atoms with Gasteiger partial charge in [0.25, 0.3) is 5.56 Å². The average molecular weight is 332 g/mol. The van der Waals surface area contributed by atoms with E-state index in [1.807, 2.05) is 6.07 Å². The Bertz CT molecular complexity index is 909. The van der Waals surface area contributed by atoms with Crippen molar-refractivity contribution in [3.05, 3.63) is 44.0 Å². The number of rotatable bonds is 5. The van der Waals surface area contributed by atoms with Gasteiger partial charge in [-0.05, 0) is 37.5 Å². The van der Waals surface area contributed by atoms with Crippen LogP contribution in [0.5, 0.6) is 0 Å². The number of aromatic nitrogens is 3. The van der Waals surface area contributed by atoms with Crippen molar-refractivity contribution in [1.29, 1.82) is 0 Å². The van der Waals surface area contributed by atoms with E-state index in [-0.39, 0.29) is 17.5 Å². The van der Waals surface area contributed by atoms with E-state index in [1.54, 1.807) is 12.1 Å². The molecule has 0 unspecified atom stereocenters. The Morgan fingerprint density at radius 1 is 1.35 bits per heavy atom. The Kier molecular flexibility index (Phi) is 4.16. The molecule has 0 amide bonds. The zero-order chi connectivity index (χ0) is 16.4. The first kappa shape index (κ1) is 15.3. The van der Waals surface area contributed by atoms with Gasteiger partial charge in [-0.2, -0.15) is 4.98 Å². The van der Waals surface area contributed by atoms with E-state index < -0.39 is 0 Å². The number of fused-ring (bicyclic) bond motifs is 1. The Morgan fingerprint density at radius 2 is 2.17 bits per heavy atom. The van der Waals surface area contributed by atoms with Gasteiger partial charge in [-0.1, -0.05) is 0 Å². The fourth-order valence-corrected chi connectivity index (χ4v) is 3.37. The topological polar surface area (TPSA) is 114 Å². The smallest absolute Gasteiger partial charge is 0.348 e. The lowest BCUT2D eigenvalue weighted by molar-refractivity contribution is 0.0606. The average Bonchev–Trinajstić information content (AvgIpc) is 3.13. The summed E-state index contributed by atoms with van der Waals surface area (Å²) in [4.78, 5) is 34.6. The predicted molar refractivity (Wildman–Crippen MR) is 88.8 cm³/mol. The molecule has 0 aliphatic heterocycles. The minimum absolute atomic E-state index is 0.102. The molecule has 4 N–H and O–H groups in total. The Morgan fingerprint density at radius 3 is 2.96 bits per heavy atom. The van der Waals surface area contributed by atoms with E-state index in [9.17, 15) is 9.59 Å². The second-order valence-corrected chi connectivity index (χ2v) is 6.29. The van der Waals surface area contributed by atoms with Gasteiger partial charge < -0.3 is 15.5 Å². The van der Waals surface area contributed by atoms with Gasteiger partial charge in [0.1, 0.15) is 10.5 Å². The SMILES string of the molecule is COC(=O)c1ccc(CCCc2cc3c(=O)[nH]c(N)nc3[nH]2)s1. The number of carbonyl (C=O) groups is 1. The number of carbonyl (C=O) groups excluding carboxylic acids is 1. The molecule has 0 saturated heterocycles. The molecule has 3 heterocycles. The number of hydrogen-bond acceptors (Lipinski definition) is 6. The molecule has 0 fully saturated rings. The molecule has 7 nitrogen and oxygen atoms in total. The highest BCUT2D eigenvalue weighted by molar-refractivity contribution is 7.13. The van der Waals surface area contributed by atoms with Gasteiger partial charge >= 0.3 is 5.97 Å². The molecule has 23 heavy (non-hydrogen) atoms. The Labute approximate surface area is 135 Å². The van der Waals surface area contributed by atoms with Crippen molar-refractivity contribution < 1.29 is 9.53 Å². The summed E-state index contributed by atoms with van der Waals surface area (Å²) in [7, 11) is 1.38. The van der Waals surface area contributed by atoms with Crippen LogP contribution in [-0.2, 0) is 17.6 Å². The van der Waals surface area contributed by atoms with E-state index in [0.29, 0.717) is 15.9 Å². The summed E-state index contributed by atoms with van der Waals surface area (Å²) in [5, 5.41) is 0.512. The molecule has 3 rings (SSSR count). The highest BCUT2D eigenvalue weighted by atomic mass is 32.1. The largest absolute Gasteiger partial charge is 0.465 e. The molecule has 0 spiro atoms. The molecule has 0 bridgehead atoms. The summed E-state index contributed by atoms with van der Waals surface area (Å²) in [5.74, 6) is -0.204. The molecule has 0 radical (unpaired) electrons. The van der Waals surface area contributed by atoms with E-state index in [0.717, 1.165) is 29.8 Å². The molecule has 0 aliphatic carbocycles. The standard InChI is InChI=1S/C15H16N4O3S/c1-22-14(21)11-6-5-9(23-11)4-2-3-8-7-10-12(17-8)18-15(16)19-13(10)20/h5-7H,2-4H2,1H3,(H4,16,17,18,19,20). The fourth-order valence-electron chi connectivity index (χ4n) is 2.40. The molecule has 3 aromatic rings. The van der Waals surface area contributed by atoms with Gasteiger partial charge in [0.2, 0.25) is 5.95 Å². The number of esters is 1. The van der Waals surface area contributed by atoms with Crippen LogP contribution in [-0.4, -0.2) is 28.0 Å². The Balaban J connectivity index is 1.65. The first-order valence-corrected chi connectivity index (χ1v) is 7.93. The third-order valence-corrected chi connectivity index (χ3v) is 4.61. The van der Waals surface area contributed by atoms with Crippen molar-refractivity contribution in [2.45, 2.75) is 19.3 Å². The van der Waals surface area contributed by atoms with Gasteiger partial charge in [0.05, 0.1) is 12.5 Å². The number of ether oxygens (including phenoxy) is 1. The summed E-state index contributed by atoms with van der Waals surface area (Å²) in [6, 6.07) is 5.52. The van der Waals surface area contributed by atoms with Crippen LogP contribution in [0.25, 0.3) is 11.0 Å². The first-order valence-electron chi connectivity index (χ1n) is 7.11. The summed E-state index contributed by atoms with van der Waals surface area (Å²) in [6.07, 6.45) is 2.52. The maximum atomic E-state index is 11.8. The lowest BCUT2D eigenvalue weighted by atomic mass is 10.1. The lowest BCUT2D eigenvalue weighted by Gasteiger charge is -1.97. The van der Waals surface area contributed by atoms with Gasteiger partial charge in [0, 0.05) is 10.6 Å². The normalized spacial score (nSPS) is 11.0. The van der Waals surface area contributed by atoms with Gasteiger partial charge in [-0.15, -0.1) is 11.3 Å². The molecule has 0 aromatic carbocycles. The molecule has 120 valence electrons. The zero-order valence-electron chi connectivity index (χ0n) is 12.5. The summed E-state index contributed by atoms with van der Waals surface area (Å²) < 4.78 is 4.69. The zero-order valence-corrected chi connectivity index (χ0v) is 13.3. The van der Waals surface area contributed by atoms with Gasteiger partial charge in [0.15, 0.2) is 0 Å². The molecule has 8 heteroatoms. The number of nitrogen functional groups attached to an aromatic ring is 1. The van der Waals surface area contributed by atoms with E-state index in [1.165, 1.54) is 18.4 Å². The summed E-state index contributed by atoms with van der Waals surface area (Å²) in [5.41, 5.74) is 6.73. The van der Waals surface area contributed by atoms with E-state index >= 15 is 0 Å². The highest BCUT2D eigenvalue weighted by Gasteiger charge is 2.10. The third-order valence-electron chi connectivity index (χ3n) is 3.49. The molecular weight excluding hydrogens is 316 g/mol. The number of methoxy groups -OCH3 is 1. The van der Waals surface area contributed by atoms with Crippen LogP contribution in [0.15, 0.2) is 23.0 Å². The second-order valence-electron chi connectivity index (χ2n) is 5.12. The van der Waals surface area contributed by atoms with Crippen molar-refractivity contribution in [1.82, 2.24) is 15.0 Å². The van der Waals surface area contributed by atoms with Crippen molar-refractivity contribution in [2.24, 2.45) is 0 Å². The first-order chi connectivity index (χ1) is 11.1. The number of nitrogens with zero attached hydrogens (tertiary/aromatic N) is 1. The van der Waals surface area contributed by atoms with Crippen molar-refractivity contribution >= 4 is 34.3 Å². The van der Waals surface area contributed by atoms with Crippen molar-refractivity contribution in [3.63, 3.8) is 0 Å². The highest BCUT2D eigenvalue weighted by Crippen LogP contribution is 2.20. The number of thiophene rings is 1. The lowest BCUT2D eigenvalue weighted by Crippen LogP contribution is -2.09. The number of hydrogen-bond donors (Lipinski definition) is 3. The van der Waals surface area contributed by atoms with Gasteiger partial charge in [-0.3, -0.25) is 9.78 Å². The van der Waals surface area contributed by atoms with Gasteiger partial charge in [-0.25, -0.2) is 4.79 Å². The van der Waals surface area contributed by atoms with Crippen LogP contribution in [0.3, 0.4) is 0 Å². The molecule has 3 aromatic heterocycles. The van der Waals surface area contributed by atoms with Crippen LogP contribution < -0.4 is 11.3 Å². The van der Waals surface area contributed by atoms with Crippen LogP contribution >= 0.6 is 11.3 Å². The molecule has 0 saturated carbocycles. The van der Waals surface area contributed by atoms with Crippen LogP contribution in [0.4, 0.5) is 5.95 Å². The van der Waals surface area contributed by atoms with Crippen LogP contribution in [0, 0.1) is 0 Å². The minimum atomic E-state index is -0.306.